The Hall–Kier alpha value is -0.120. The van der Waals surface area contributed by atoms with Crippen LogP contribution in [-0.4, -0.2) is 61.7 Å². The van der Waals surface area contributed by atoms with Gasteiger partial charge in [0.15, 0.2) is 0 Å². The molecule has 124 valence electrons. The summed E-state index contributed by atoms with van der Waals surface area (Å²) in [6, 6.07) is 0.764. The van der Waals surface area contributed by atoms with Crippen molar-refractivity contribution in [3.63, 3.8) is 0 Å². The fourth-order valence-electron chi connectivity index (χ4n) is 4.23. The van der Waals surface area contributed by atoms with Gasteiger partial charge in [0.25, 0.3) is 0 Å². The third kappa shape index (κ3) is 5.54. The van der Waals surface area contributed by atoms with Crippen molar-refractivity contribution in [3.05, 3.63) is 0 Å². The van der Waals surface area contributed by atoms with Gasteiger partial charge in [-0.1, -0.05) is 27.7 Å². The van der Waals surface area contributed by atoms with E-state index in [0.717, 1.165) is 30.3 Å². The van der Waals surface area contributed by atoms with Crippen molar-refractivity contribution in [1.29, 1.82) is 0 Å². The van der Waals surface area contributed by atoms with Crippen molar-refractivity contribution < 1.29 is 0 Å². The first-order valence-corrected chi connectivity index (χ1v) is 9.26. The second-order valence-corrected chi connectivity index (χ2v) is 7.84. The van der Waals surface area contributed by atoms with Crippen molar-refractivity contribution in [2.45, 2.75) is 53.0 Å². The Morgan fingerprint density at radius 1 is 1.05 bits per heavy atom. The minimum absolute atomic E-state index is 0.764. The fourth-order valence-corrected chi connectivity index (χ4v) is 4.23. The number of nitrogens with one attached hydrogen (secondary N) is 1. The van der Waals surface area contributed by atoms with Crippen LogP contribution in [0.3, 0.4) is 0 Å². The molecule has 0 aromatic rings. The maximum Gasteiger partial charge on any atom is 0.0110 e. The highest BCUT2D eigenvalue weighted by atomic mass is 15.3. The second-order valence-electron chi connectivity index (χ2n) is 7.84. The van der Waals surface area contributed by atoms with E-state index in [2.05, 4.69) is 42.8 Å². The minimum Gasteiger partial charge on any atom is -0.314 e. The topological polar surface area (TPSA) is 18.5 Å². The summed E-state index contributed by atoms with van der Waals surface area (Å²) in [4.78, 5) is 5.37. The van der Waals surface area contributed by atoms with Gasteiger partial charge in [-0.25, -0.2) is 0 Å². The maximum atomic E-state index is 3.74. The first-order chi connectivity index (χ1) is 10.1. The van der Waals surface area contributed by atoms with Crippen molar-refractivity contribution in [2.24, 2.45) is 17.8 Å². The minimum atomic E-state index is 0.764. The molecule has 2 fully saturated rings. The zero-order valence-electron chi connectivity index (χ0n) is 14.8. The van der Waals surface area contributed by atoms with Crippen LogP contribution in [0.15, 0.2) is 0 Å². The Balaban J connectivity index is 1.77. The summed E-state index contributed by atoms with van der Waals surface area (Å²) in [5.41, 5.74) is 0. The molecule has 0 radical (unpaired) electrons. The molecule has 1 heterocycles. The average Bonchev–Trinajstić information content (AvgIpc) is 2.43. The van der Waals surface area contributed by atoms with E-state index in [-0.39, 0.29) is 0 Å². The predicted molar refractivity (Wildman–Crippen MR) is 91.7 cm³/mol. The van der Waals surface area contributed by atoms with E-state index in [9.17, 15) is 0 Å². The Bertz CT molecular complexity index is 284. The molecule has 1 aliphatic heterocycles. The fraction of sp³-hybridized carbons (Fsp3) is 1.00. The predicted octanol–water partition coefficient (Wildman–Crippen LogP) is 2.67. The lowest BCUT2D eigenvalue weighted by Crippen LogP contribution is -2.51. The van der Waals surface area contributed by atoms with Gasteiger partial charge in [0, 0.05) is 45.3 Å². The number of hydrogen-bond acceptors (Lipinski definition) is 3. The number of hydrogen-bond donors (Lipinski definition) is 1. The van der Waals surface area contributed by atoms with E-state index < -0.39 is 0 Å². The third-order valence-corrected chi connectivity index (χ3v) is 5.29. The molecule has 1 N–H and O–H groups in total. The average molecular weight is 296 g/mol. The molecule has 3 atom stereocenters. The first-order valence-electron chi connectivity index (χ1n) is 9.26. The number of rotatable bonds is 6. The summed E-state index contributed by atoms with van der Waals surface area (Å²) in [5, 5.41) is 3.74. The Labute approximate surface area is 132 Å². The van der Waals surface area contributed by atoms with Gasteiger partial charge in [-0.2, -0.15) is 0 Å². The molecule has 0 spiro atoms. The molecule has 1 saturated heterocycles. The SMILES string of the molecule is CCNC1CCC(C)CC1CN1CCN(CC(C)C)CC1. The van der Waals surface area contributed by atoms with E-state index in [0.29, 0.717) is 0 Å². The summed E-state index contributed by atoms with van der Waals surface area (Å²) < 4.78 is 0. The molecule has 3 heteroatoms. The van der Waals surface area contributed by atoms with E-state index in [4.69, 9.17) is 0 Å². The quantitative estimate of drug-likeness (QED) is 0.813. The molecule has 1 aliphatic carbocycles. The van der Waals surface area contributed by atoms with Crippen molar-refractivity contribution >= 4 is 0 Å². The van der Waals surface area contributed by atoms with Gasteiger partial charge < -0.3 is 15.1 Å². The van der Waals surface area contributed by atoms with Crippen LogP contribution in [0.2, 0.25) is 0 Å². The van der Waals surface area contributed by atoms with Crippen molar-refractivity contribution in [2.75, 3.05) is 45.8 Å². The zero-order chi connectivity index (χ0) is 15.2. The molecule has 0 aromatic heterocycles. The smallest absolute Gasteiger partial charge is 0.0110 e. The highest BCUT2D eigenvalue weighted by Gasteiger charge is 2.30. The van der Waals surface area contributed by atoms with E-state index in [1.165, 1.54) is 58.5 Å². The van der Waals surface area contributed by atoms with Gasteiger partial charge >= 0.3 is 0 Å². The standard InChI is InChI=1S/C18H37N3/c1-5-19-18-7-6-16(4)12-17(18)14-21-10-8-20(9-11-21)13-15(2)3/h15-19H,5-14H2,1-4H3. The normalized spacial score (nSPS) is 32.7. The molecule has 0 bridgehead atoms. The largest absolute Gasteiger partial charge is 0.314 e. The molecule has 21 heavy (non-hydrogen) atoms. The van der Waals surface area contributed by atoms with E-state index in [1.54, 1.807) is 0 Å². The van der Waals surface area contributed by atoms with Gasteiger partial charge in [-0.15, -0.1) is 0 Å². The highest BCUT2D eigenvalue weighted by molar-refractivity contribution is 4.86. The molecule has 0 aromatic carbocycles. The summed E-state index contributed by atoms with van der Waals surface area (Å²) in [7, 11) is 0. The van der Waals surface area contributed by atoms with Crippen molar-refractivity contribution in [1.82, 2.24) is 15.1 Å². The lowest BCUT2D eigenvalue weighted by atomic mass is 9.78. The Morgan fingerprint density at radius 2 is 1.71 bits per heavy atom. The Morgan fingerprint density at radius 3 is 2.33 bits per heavy atom. The summed E-state index contributed by atoms with van der Waals surface area (Å²) in [6.07, 6.45) is 4.22. The summed E-state index contributed by atoms with van der Waals surface area (Å²) in [6.45, 7) is 18.2. The van der Waals surface area contributed by atoms with Gasteiger partial charge in [0.2, 0.25) is 0 Å². The monoisotopic (exact) mass is 295 g/mol. The lowest BCUT2D eigenvalue weighted by Gasteiger charge is -2.41. The Kier molecular flexibility index (Phi) is 6.97. The molecular formula is C18H37N3. The number of piperazine rings is 1. The summed E-state index contributed by atoms with van der Waals surface area (Å²) in [5.74, 6) is 2.59. The highest BCUT2D eigenvalue weighted by Crippen LogP contribution is 2.30. The number of nitrogens with zero attached hydrogens (tertiary/aromatic N) is 2. The van der Waals surface area contributed by atoms with Crippen LogP contribution in [0.25, 0.3) is 0 Å². The van der Waals surface area contributed by atoms with Crippen LogP contribution in [-0.2, 0) is 0 Å². The van der Waals surface area contributed by atoms with Crippen LogP contribution in [0, 0.1) is 17.8 Å². The van der Waals surface area contributed by atoms with E-state index in [1.807, 2.05) is 0 Å². The molecule has 3 nitrogen and oxygen atoms in total. The molecule has 2 rings (SSSR count). The van der Waals surface area contributed by atoms with Gasteiger partial charge in [0.05, 0.1) is 0 Å². The molecule has 1 saturated carbocycles. The van der Waals surface area contributed by atoms with Crippen LogP contribution < -0.4 is 5.32 Å². The molecular weight excluding hydrogens is 258 g/mol. The maximum absolute atomic E-state index is 3.74. The first kappa shape index (κ1) is 17.2. The van der Waals surface area contributed by atoms with Crippen LogP contribution in [0.4, 0.5) is 0 Å². The molecule has 0 amide bonds. The van der Waals surface area contributed by atoms with Gasteiger partial charge in [-0.3, -0.25) is 0 Å². The molecule has 3 unspecified atom stereocenters. The molecule has 2 aliphatic rings. The van der Waals surface area contributed by atoms with E-state index >= 15 is 0 Å². The third-order valence-electron chi connectivity index (χ3n) is 5.29. The van der Waals surface area contributed by atoms with Gasteiger partial charge in [-0.05, 0) is 43.6 Å². The van der Waals surface area contributed by atoms with Crippen LogP contribution in [0.5, 0.6) is 0 Å². The van der Waals surface area contributed by atoms with Crippen LogP contribution in [0.1, 0.15) is 47.0 Å². The summed E-state index contributed by atoms with van der Waals surface area (Å²) >= 11 is 0. The zero-order valence-corrected chi connectivity index (χ0v) is 14.8. The second kappa shape index (κ2) is 8.50. The van der Waals surface area contributed by atoms with Gasteiger partial charge in [0.1, 0.15) is 0 Å². The van der Waals surface area contributed by atoms with Crippen LogP contribution >= 0.6 is 0 Å². The van der Waals surface area contributed by atoms with Crippen molar-refractivity contribution in [3.8, 4) is 0 Å². The lowest BCUT2D eigenvalue weighted by molar-refractivity contribution is 0.0859.